The largest absolute Gasteiger partial charge is 0.326 e. The molecule has 0 atom stereocenters. The first kappa shape index (κ1) is 7.05. The standard InChI is InChI=1S/C6H9IN2/c1-3-9-4-8-5(2)6(9)7/h4H,3H2,1-2H3. The highest BCUT2D eigenvalue weighted by Gasteiger charge is 1.98. The lowest BCUT2D eigenvalue weighted by molar-refractivity contribution is 0.743. The maximum Gasteiger partial charge on any atom is 0.102 e. The summed E-state index contributed by atoms with van der Waals surface area (Å²) in [4.78, 5) is 4.14. The average molecular weight is 236 g/mol. The molecule has 0 N–H and O–H groups in total. The molecule has 0 amide bonds. The minimum absolute atomic E-state index is 1.01. The van der Waals surface area contributed by atoms with Crippen molar-refractivity contribution < 1.29 is 0 Å². The molecule has 0 fully saturated rings. The van der Waals surface area contributed by atoms with Crippen molar-refractivity contribution in [2.24, 2.45) is 0 Å². The summed E-state index contributed by atoms with van der Waals surface area (Å²) in [5, 5.41) is 0. The zero-order chi connectivity index (χ0) is 6.85. The van der Waals surface area contributed by atoms with Crippen LogP contribution in [0.25, 0.3) is 0 Å². The third-order valence-electron chi connectivity index (χ3n) is 1.28. The molecule has 9 heavy (non-hydrogen) atoms. The van der Waals surface area contributed by atoms with Crippen LogP contribution >= 0.6 is 22.6 Å². The van der Waals surface area contributed by atoms with Crippen LogP contribution in [0.4, 0.5) is 0 Å². The molecule has 0 aliphatic rings. The molecule has 2 nitrogen and oxygen atoms in total. The van der Waals surface area contributed by atoms with Gasteiger partial charge in [-0.25, -0.2) is 4.98 Å². The van der Waals surface area contributed by atoms with Crippen LogP contribution in [0.1, 0.15) is 12.6 Å². The maximum absolute atomic E-state index is 4.14. The Hall–Kier alpha value is -0.0600. The van der Waals surface area contributed by atoms with Crippen molar-refractivity contribution in [3.63, 3.8) is 0 Å². The van der Waals surface area contributed by atoms with E-state index in [1.165, 1.54) is 3.70 Å². The van der Waals surface area contributed by atoms with E-state index in [4.69, 9.17) is 0 Å². The second-order valence-corrected chi connectivity index (χ2v) is 2.93. The molecule has 1 aromatic heterocycles. The summed E-state index contributed by atoms with van der Waals surface area (Å²) < 4.78 is 3.37. The molecular weight excluding hydrogens is 227 g/mol. The molecule has 0 unspecified atom stereocenters. The van der Waals surface area contributed by atoms with Crippen LogP contribution in [0.5, 0.6) is 0 Å². The SMILES string of the molecule is CCn1cnc(C)c1I. The molecule has 1 rings (SSSR count). The van der Waals surface area contributed by atoms with E-state index in [2.05, 4.69) is 39.1 Å². The summed E-state index contributed by atoms with van der Waals surface area (Å²) in [7, 11) is 0. The van der Waals surface area contributed by atoms with Crippen LogP contribution in [0, 0.1) is 10.6 Å². The van der Waals surface area contributed by atoms with Gasteiger partial charge in [-0.3, -0.25) is 0 Å². The Morgan fingerprint density at radius 1 is 1.78 bits per heavy atom. The molecule has 3 heteroatoms. The number of hydrogen-bond donors (Lipinski definition) is 0. The second-order valence-electron chi connectivity index (χ2n) is 1.91. The highest BCUT2D eigenvalue weighted by Crippen LogP contribution is 2.08. The monoisotopic (exact) mass is 236 g/mol. The van der Waals surface area contributed by atoms with E-state index in [1.807, 2.05) is 13.3 Å². The molecule has 1 aromatic rings. The van der Waals surface area contributed by atoms with Gasteiger partial charge in [-0.2, -0.15) is 0 Å². The zero-order valence-electron chi connectivity index (χ0n) is 5.56. The summed E-state index contributed by atoms with van der Waals surface area (Å²) >= 11 is 2.30. The first-order valence-corrected chi connectivity index (χ1v) is 4.00. The fourth-order valence-electron chi connectivity index (χ4n) is 0.689. The van der Waals surface area contributed by atoms with Crippen molar-refractivity contribution in [2.75, 3.05) is 0 Å². The van der Waals surface area contributed by atoms with Crippen molar-refractivity contribution in [3.8, 4) is 0 Å². The highest BCUT2D eigenvalue weighted by atomic mass is 127. The summed E-state index contributed by atoms with van der Waals surface area (Å²) in [6, 6.07) is 0. The summed E-state index contributed by atoms with van der Waals surface area (Å²) in [6.07, 6.45) is 1.87. The molecule has 0 saturated heterocycles. The molecule has 50 valence electrons. The molecule has 0 bridgehead atoms. The molecule has 0 radical (unpaired) electrons. The van der Waals surface area contributed by atoms with Crippen molar-refractivity contribution in [1.82, 2.24) is 9.55 Å². The van der Waals surface area contributed by atoms with Gasteiger partial charge in [-0.15, -0.1) is 0 Å². The number of halogens is 1. The van der Waals surface area contributed by atoms with Gasteiger partial charge in [0.1, 0.15) is 3.70 Å². The van der Waals surface area contributed by atoms with E-state index >= 15 is 0 Å². The number of nitrogens with zero attached hydrogens (tertiary/aromatic N) is 2. The van der Waals surface area contributed by atoms with Crippen molar-refractivity contribution in [2.45, 2.75) is 20.4 Å². The first-order chi connectivity index (χ1) is 4.25. The fraction of sp³-hybridized carbons (Fsp3) is 0.500. The molecule has 0 spiro atoms. The Kier molecular flexibility index (Phi) is 2.10. The lowest BCUT2D eigenvalue weighted by atomic mass is 10.6. The van der Waals surface area contributed by atoms with Crippen LogP contribution in [0.3, 0.4) is 0 Å². The van der Waals surface area contributed by atoms with Gasteiger partial charge in [0.05, 0.1) is 12.0 Å². The topological polar surface area (TPSA) is 17.8 Å². The lowest BCUT2D eigenvalue weighted by Gasteiger charge is -1.95. The molecule has 0 aromatic carbocycles. The molecule has 0 aliphatic carbocycles. The smallest absolute Gasteiger partial charge is 0.102 e. The Bertz CT molecular complexity index is 205. The summed E-state index contributed by atoms with van der Waals surface area (Å²) in [5.74, 6) is 0. The normalized spacial score (nSPS) is 10.1. The van der Waals surface area contributed by atoms with Gasteiger partial charge in [0.2, 0.25) is 0 Å². The minimum atomic E-state index is 1.01. The molecule has 1 heterocycles. The first-order valence-electron chi connectivity index (χ1n) is 2.93. The van der Waals surface area contributed by atoms with E-state index in [9.17, 15) is 0 Å². The van der Waals surface area contributed by atoms with Crippen molar-refractivity contribution >= 4 is 22.6 Å². The zero-order valence-corrected chi connectivity index (χ0v) is 7.71. The van der Waals surface area contributed by atoms with Crippen LogP contribution in [-0.2, 0) is 6.54 Å². The van der Waals surface area contributed by atoms with E-state index < -0.39 is 0 Å². The number of imidazole rings is 1. The summed E-state index contributed by atoms with van der Waals surface area (Å²) in [6.45, 7) is 5.15. The number of aromatic nitrogens is 2. The van der Waals surface area contributed by atoms with E-state index in [0.29, 0.717) is 0 Å². The Balaban J connectivity index is 3.04. The van der Waals surface area contributed by atoms with Crippen LogP contribution in [0.2, 0.25) is 0 Å². The van der Waals surface area contributed by atoms with Gasteiger partial charge in [0.25, 0.3) is 0 Å². The van der Waals surface area contributed by atoms with Gasteiger partial charge in [0.15, 0.2) is 0 Å². The third kappa shape index (κ3) is 1.26. The van der Waals surface area contributed by atoms with Gasteiger partial charge in [-0.1, -0.05) is 0 Å². The van der Waals surface area contributed by atoms with Crippen molar-refractivity contribution in [3.05, 3.63) is 15.7 Å². The predicted molar refractivity (Wildman–Crippen MR) is 45.4 cm³/mol. The van der Waals surface area contributed by atoms with E-state index in [1.54, 1.807) is 0 Å². The molecule has 0 saturated carbocycles. The molecular formula is C6H9IN2. The second kappa shape index (κ2) is 2.68. The Morgan fingerprint density at radius 2 is 2.44 bits per heavy atom. The van der Waals surface area contributed by atoms with Gasteiger partial charge in [0, 0.05) is 6.54 Å². The molecule has 0 aliphatic heterocycles. The summed E-state index contributed by atoms with van der Waals surface area (Å²) in [5.41, 5.74) is 1.12. The van der Waals surface area contributed by atoms with Gasteiger partial charge >= 0.3 is 0 Å². The Morgan fingerprint density at radius 3 is 2.67 bits per heavy atom. The van der Waals surface area contributed by atoms with E-state index in [0.717, 1.165) is 12.2 Å². The quantitative estimate of drug-likeness (QED) is 0.680. The van der Waals surface area contributed by atoms with Crippen LogP contribution in [0.15, 0.2) is 6.33 Å². The average Bonchev–Trinajstić information content (AvgIpc) is 2.15. The van der Waals surface area contributed by atoms with E-state index in [-0.39, 0.29) is 0 Å². The predicted octanol–water partition coefficient (Wildman–Crippen LogP) is 1.82. The Labute approximate surface area is 68.4 Å². The van der Waals surface area contributed by atoms with Gasteiger partial charge in [-0.05, 0) is 36.4 Å². The number of rotatable bonds is 1. The number of hydrogen-bond acceptors (Lipinski definition) is 1. The number of aryl methyl sites for hydroxylation is 2. The maximum atomic E-state index is 4.14. The van der Waals surface area contributed by atoms with Crippen LogP contribution < -0.4 is 0 Å². The third-order valence-corrected chi connectivity index (χ3v) is 2.68. The lowest BCUT2D eigenvalue weighted by Crippen LogP contribution is -1.93. The van der Waals surface area contributed by atoms with Gasteiger partial charge < -0.3 is 4.57 Å². The van der Waals surface area contributed by atoms with Crippen molar-refractivity contribution in [1.29, 1.82) is 0 Å². The minimum Gasteiger partial charge on any atom is -0.326 e. The van der Waals surface area contributed by atoms with Crippen LogP contribution in [-0.4, -0.2) is 9.55 Å². The fourth-order valence-corrected chi connectivity index (χ4v) is 1.29. The highest BCUT2D eigenvalue weighted by molar-refractivity contribution is 14.1.